The number of rotatable bonds is 8. The highest BCUT2D eigenvalue weighted by Gasteiger charge is 2.10. The van der Waals surface area contributed by atoms with Crippen molar-refractivity contribution in [3.63, 3.8) is 0 Å². The molecule has 1 amide bonds. The molecule has 0 saturated carbocycles. The molecule has 0 aliphatic heterocycles. The predicted octanol–water partition coefficient (Wildman–Crippen LogP) is -0.582. The van der Waals surface area contributed by atoms with Crippen molar-refractivity contribution in [1.29, 1.82) is 0 Å². The Morgan fingerprint density at radius 2 is 2.27 bits per heavy atom. The van der Waals surface area contributed by atoms with E-state index in [1.54, 1.807) is 7.05 Å². The van der Waals surface area contributed by atoms with Gasteiger partial charge < -0.3 is 20.7 Å². The second-order valence-electron chi connectivity index (χ2n) is 3.50. The Kier molecular flexibility index (Phi) is 8.27. The van der Waals surface area contributed by atoms with Crippen molar-refractivity contribution in [1.82, 2.24) is 10.2 Å². The molecule has 0 fully saturated rings. The summed E-state index contributed by atoms with van der Waals surface area (Å²) in [4.78, 5) is 13.1. The van der Waals surface area contributed by atoms with Gasteiger partial charge in [-0.15, -0.1) is 0 Å². The van der Waals surface area contributed by atoms with Crippen LogP contribution in [0.25, 0.3) is 0 Å². The molecular weight excluding hydrogens is 194 g/mol. The summed E-state index contributed by atoms with van der Waals surface area (Å²) >= 11 is 0. The molecule has 0 aromatic heterocycles. The summed E-state index contributed by atoms with van der Waals surface area (Å²) in [5, 5.41) is 2.59. The molecule has 0 heterocycles. The molecule has 0 aromatic rings. The van der Waals surface area contributed by atoms with Crippen LogP contribution >= 0.6 is 0 Å². The van der Waals surface area contributed by atoms with Crippen LogP contribution in [0.15, 0.2) is 0 Å². The van der Waals surface area contributed by atoms with E-state index in [1.165, 1.54) is 0 Å². The van der Waals surface area contributed by atoms with Crippen LogP contribution in [0.1, 0.15) is 13.3 Å². The number of hydrogen-bond acceptors (Lipinski definition) is 4. The van der Waals surface area contributed by atoms with Gasteiger partial charge in [0.1, 0.15) is 0 Å². The molecule has 0 rings (SSSR count). The van der Waals surface area contributed by atoms with Gasteiger partial charge in [-0.2, -0.15) is 0 Å². The third-order valence-corrected chi connectivity index (χ3v) is 2.18. The predicted molar refractivity (Wildman–Crippen MR) is 60.6 cm³/mol. The first-order chi connectivity index (χ1) is 7.13. The summed E-state index contributed by atoms with van der Waals surface area (Å²) in [6.45, 7) is 4.63. The molecule has 0 spiro atoms. The zero-order valence-corrected chi connectivity index (χ0v) is 9.95. The van der Waals surface area contributed by atoms with E-state index in [-0.39, 0.29) is 12.0 Å². The maximum Gasteiger partial charge on any atom is 0.221 e. The van der Waals surface area contributed by atoms with Crippen LogP contribution in [0.4, 0.5) is 0 Å². The molecule has 90 valence electrons. The zero-order chi connectivity index (χ0) is 11.7. The summed E-state index contributed by atoms with van der Waals surface area (Å²) in [6.07, 6.45) is 0.570. The van der Waals surface area contributed by atoms with Crippen LogP contribution in [0, 0.1) is 0 Å². The lowest BCUT2D eigenvalue weighted by molar-refractivity contribution is -0.120. The van der Waals surface area contributed by atoms with Crippen molar-refractivity contribution < 1.29 is 9.53 Å². The van der Waals surface area contributed by atoms with Crippen molar-refractivity contribution in [2.75, 3.05) is 40.3 Å². The second kappa shape index (κ2) is 8.64. The minimum atomic E-state index is 0.0579. The van der Waals surface area contributed by atoms with Crippen molar-refractivity contribution in [2.24, 2.45) is 5.73 Å². The third kappa shape index (κ3) is 7.30. The van der Waals surface area contributed by atoms with Gasteiger partial charge in [-0.1, -0.05) is 0 Å². The molecule has 3 N–H and O–H groups in total. The minimum Gasteiger partial charge on any atom is -0.376 e. The molecule has 1 atom stereocenters. The number of hydrogen-bond donors (Lipinski definition) is 2. The Labute approximate surface area is 91.9 Å². The molecule has 15 heavy (non-hydrogen) atoms. The van der Waals surface area contributed by atoms with Crippen LogP contribution < -0.4 is 11.1 Å². The number of ether oxygens (including phenoxy) is 1. The molecular formula is C10H23N3O2. The van der Waals surface area contributed by atoms with Gasteiger partial charge in [0.15, 0.2) is 0 Å². The number of carbonyl (C=O) groups excluding carboxylic acids is 1. The number of carbonyl (C=O) groups is 1. The first-order valence-electron chi connectivity index (χ1n) is 5.34. The second-order valence-corrected chi connectivity index (χ2v) is 3.50. The SMILES string of the molecule is CCOC(CN)CN(C)CCC(=O)NC. The molecule has 1 unspecified atom stereocenters. The normalized spacial score (nSPS) is 12.9. The van der Waals surface area contributed by atoms with Crippen LogP contribution in [0.3, 0.4) is 0 Å². The van der Waals surface area contributed by atoms with Crippen molar-refractivity contribution in [2.45, 2.75) is 19.4 Å². The summed E-state index contributed by atoms with van der Waals surface area (Å²) in [5.41, 5.74) is 5.56. The number of nitrogens with zero attached hydrogens (tertiary/aromatic N) is 1. The van der Waals surface area contributed by atoms with Gasteiger partial charge in [-0.3, -0.25) is 4.79 Å². The van der Waals surface area contributed by atoms with Gasteiger partial charge >= 0.3 is 0 Å². The van der Waals surface area contributed by atoms with E-state index in [4.69, 9.17) is 10.5 Å². The van der Waals surface area contributed by atoms with Crippen LogP contribution in [-0.2, 0) is 9.53 Å². The summed E-state index contributed by atoms with van der Waals surface area (Å²) in [7, 11) is 3.61. The smallest absolute Gasteiger partial charge is 0.221 e. The van der Waals surface area contributed by atoms with Crippen LogP contribution in [0.2, 0.25) is 0 Å². The number of nitrogens with two attached hydrogens (primary N) is 1. The highest BCUT2D eigenvalue weighted by molar-refractivity contribution is 5.75. The Morgan fingerprint density at radius 3 is 2.73 bits per heavy atom. The average Bonchev–Trinajstić information content (AvgIpc) is 2.25. The standard InChI is InChI=1S/C10H23N3O2/c1-4-15-9(7-11)8-13(3)6-5-10(14)12-2/h9H,4-8,11H2,1-3H3,(H,12,14). The van der Waals surface area contributed by atoms with E-state index in [0.717, 1.165) is 13.1 Å². The number of likely N-dealkylation sites (N-methyl/N-ethyl adjacent to an activating group) is 1. The van der Waals surface area contributed by atoms with E-state index in [1.807, 2.05) is 14.0 Å². The average molecular weight is 217 g/mol. The fourth-order valence-corrected chi connectivity index (χ4v) is 1.29. The summed E-state index contributed by atoms with van der Waals surface area (Å²) in [5.74, 6) is 0.0579. The Morgan fingerprint density at radius 1 is 1.60 bits per heavy atom. The quantitative estimate of drug-likeness (QED) is 0.571. The third-order valence-electron chi connectivity index (χ3n) is 2.18. The van der Waals surface area contributed by atoms with Gasteiger partial charge in [0.05, 0.1) is 6.10 Å². The van der Waals surface area contributed by atoms with E-state index in [2.05, 4.69) is 10.2 Å². The lowest BCUT2D eigenvalue weighted by Gasteiger charge is -2.22. The first-order valence-corrected chi connectivity index (χ1v) is 5.34. The highest BCUT2D eigenvalue weighted by atomic mass is 16.5. The van der Waals surface area contributed by atoms with E-state index in [9.17, 15) is 4.79 Å². The van der Waals surface area contributed by atoms with Gasteiger partial charge in [0.25, 0.3) is 0 Å². The molecule has 5 nitrogen and oxygen atoms in total. The topological polar surface area (TPSA) is 67.6 Å². The van der Waals surface area contributed by atoms with Crippen molar-refractivity contribution in [3.8, 4) is 0 Å². The van der Waals surface area contributed by atoms with E-state index < -0.39 is 0 Å². The Balaban J connectivity index is 3.70. The summed E-state index contributed by atoms with van der Waals surface area (Å²) in [6, 6.07) is 0. The van der Waals surface area contributed by atoms with E-state index >= 15 is 0 Å². The first kappa shape index (κ1) is 14.3. The van der Waals surface area contributed by atoms with Crippen molar-refractivity contribution >= 4 is 5.91 Å². The van der Waals surface area contributed by atoms with Gasteiger partial charge in [0.2, 0.25) is 5.91 Å². The number of nitrogens with one attached hydrogen (secondary N) is 1. The largest absolute Gasteiger partial charge is 0.376 e. The molecule has 5 heteroatoms. The molecule has 0 radical (unpaired) electrons. The Bertz CT molecular complexity index is 176. The lowest BCUT2D eigenvalue weighted by atomic mass is 10.3. The van der Waals surface area contributed by atoms with E-state index in [0.29, 0.717) is 19.6 Å². The van der Waals surface area contributed by atoms with Crippen molar-refractivity contribution in [3.05, 3.63) is 0 Å². The molecule has 0 aromatic carbocycles. The van der Waals surface area contributed by atoms with Gasteiger partial charge in [-0.25, -0.2) is 0 Å². The monoisotopic (exact) mass is 217 g/mol. The molecule has 0 saturated heterocycles. The highest BCUT2D eigenvalue weighted by Crippen LogP contribution is 1.95. The lowest BCUT2D eigenvalue weighted by Crippen LogP contribution is -2.37. The molecule has 0 aliphatic carbocycles. The minimum absolute atomic E-state index is 0.0579. The molecule has 0 aliphatic rings. The fraction of sp³-hybridized carbons (Fsp3) is 0.900. The van der Waals surface area contributed by atoms with Crippen LogP contribution in [-0.4, -0.2) is 57.2 Å². The number of amides is 1. The fourth-order valence-electron chi connectivity index (χ4n) is 1.29. The van der Waals surface area contributed by atoms with Crippen LogP contribution in [0.5, 0.6) is 0 Å². The maximum absolute atomic E-state index is 11.0. The maximum atomic E-state index is 11.0. The Hall–Kier alpha value is -0.650. The van der Waals surface area contributed by atoms with Gasteiger partial charge in [-0.05, 0) is 14.0 Å². The summed E-state index contributed by atoms with van der Waals surface area (Å²) < 4.78 is 5.43. The zero-order valence-electron chi connectivity index (χ0n) is 9.95. The molecule has 0 bridgehead atoms. The van der Waals surface area contributed by atoms with Gasteiger partial charge in [0, 0.05) is 39.7 Å².